The molecule has 0 spiro atoms. The molecule has 0 radical (unpaired) electrons. The van der Waals surface area contributed by atoms with Gasteiger partial charge in [0.15, 0.2) is 17.6 Å². The van der Waals surface area contributed by atoms with E-state index in [2.05, 4.69) is 5.32 Å². The fourth-order valence-electron chi connectivity index (χ4n) is 4.37. The van der Waals surface area contributed by atoms with Gasteiger partial charge in [-0.2, -0.15) is 0 Å². The van der Waals surface area contributed by atoms with Gasteiger partial charge in [0.05, 0.1) is 11.8 Å². The van der Waals surface area contributed by atoms with Gasteiger partial charge in [0.25, 0.3) is 5.91 Å². The first kappa shape index (κ1) is 21.1. The van der Waals surface area contributed by atoms with E-state index in [0.29, 0.717) is 43.2 Å². The zero-order valence-corrected chi connectivity index (χ0v) is 17.6. The molecule has 4 atom stereocenters. The molecule has 0 bridgehead atoms. The summed E-state index contributed by atoms with van der Waals surface area (Å²) in [5.41, 5.74) is 0.471. The number of benzene rings is 1. The molecule has 1 N–H and O–H groups in total. The summed E-state index contributed by atoms with van der Waals surface area (Å²) >= 11 is 0. The molecule has 1 aliphatic carbocycles. The number of likely N-dealkylation sites (tertiary alicyclic amines) is 1. The number of imide groups is 1. The lowest BCUT2D eigenvalue weighted by Gasteiger charge is -2.23. The molecule has 166 valence electrons. The number of hydrogen-bond donors (Lipinski definition) is 1. The second-order valence-corrected chi connectivity index (χ2v) is 8.15. The summed E-state index contributed by atoms with van der Waals surface area (Å²) in [5, 5.41) is 2.66. The number of carbonyl (C=O) groups excluding carboxylic acids is 4. The number of rotatable bonds is 5. The Labute approximate surface area is 180 Å². The maximum Gasteiger partial charge on any atom is 0.329 e. The minimum atomic E-state index is -1.11. The molecule has 1 aromatic rings. The molecule has 2 aliphatic heterocycles. The second-order valence-electron chi connectivity index (χ2n) is 8.15. The zero-order chi connectivity index (χ0) is 22.1. The van der Waals surface area contributed by atoms with Crippen LogP contribution in [0.5, 0.6) is 11.5 Å². The molecular weight excluding hydrogens is 404 g/mol. The number of carbonyl (C=O) groups is 4. The van der Waals surface area contributed by atoms with Crippen molar-refractivity contribution in [1.82, 2.24) is 4.90 Å². The molecule has 3 amide bonds. The summed E-state index contributed by atoms with van der Waals surface area (Å²) in [6.07, 6.45) is 2.04. The van der Waals surface area contributed by atoms with Crippen molar-refractivity contribution < 1.29 is 33.4 Å². The molecule has 1 aromatic carbocycles. The van der Waals surface area contributed by atoms with Crippen molar-refractivity contribution >= 4 is 29.4 Å². The third-order valence-corrected chi connectivity index (χ3v) is 6.08. The lowest BCUT2D eigenvalue weighted by atomic mass is 9.81. The summed E-state index contributed by atoms with van der Waals surface area (Å²) in [6, 6.07) is 3.90. The predicted octanol–water partition coefficient (Wildman–Crippen LogP) is 1.89. The summed E-state index contributed by atoms with van der Waals surface area (Å²) in [5.74, 6) is -1.51. The van der Waals surface area contributed by atoms with Crippen molar-refractivity contribution in [2.24, 2.45) is 11.8 Å². The van der Waals surface area contributed by atoms with Crippen LogP contribution in [0, 0.1) is 11.8 Å². The number of hydrogen-bond acceptors (Lipinski definition) is 7. The van der Waals surface area contributed by atoms with E-state index in [-0.39, 0.29) is 23.7 Å². The lowest BCUT2D eigenvalue weighted by molar-refractivity contribution is -0.163. The SMILES string of the molecule is C[C@H](OC(=O)[C@H](C)N1C(=O)[C@@H]2CCCC[C@H]2C1=O)C(=O)Nc1ccc2c(c1)OCCO2. The largest absolute Gasteiger partial charge is 0.486 e. The van der Waals surface area contributed by atoms with Gasteiger partial charge < -0.3 is 19.5 Å². The first-order valence-electron chi connectivity index (χ1n) is 10.6. The Morgan fingerprint density at radius 3 is 2.29 bits per heavy atom. The number of nitrogens with one attached hydrogen (secondary N) is 1. The highest BCUT2D eigenvalue weighted by Gasteiger charge is 2.51. The van der Waals surface area contributed by atoms with Crippen LogP contribution in [0.15, 0.2) is 18.2 Å². The predicted molar refractivity (Wildman–Crippen MR) is 108 cm³/mol. The van der Waals surface area contributed by atoms with Crippen LogP contribution >= 0.6 is 0 Å². The Bertz CT molecular complexity index is 891. The number of esters is 1. The first-order chi connectivity index (χ1) is 14.9. The fraction of sp³-hybridized carbons (Fsp3) is 0.545. The zero-order valence-electron chi connectivity index (χ0n) is 17.6. The van der Waals surface area contributed by atoms with Crippen molar-refractivity contribution in [2.75, 3.05) is 18.5 Å². The molecule has 1 saturated heterocycles. The number of amides is 3. The van der Waals surface area contributed by atoms with E-state index < -0.39 is 24.0 Å². The monoisotopic (exact) mass is 430 g/mol. The highest BCUT2D eigenvalue weighted by atomic mass is 16.6. The molecule has 4 rings (SSSR count). The minimum Gasteiger partial charge on any atom is -0.486 e. The van der Waals surface area contributed by atoms with E-state index in [0.717, 1.165) is 17.7 Å². The van der Waals surface area contributed by atoms with Crippen LogP contribution in [-0.2, 0) is 23.9 Å². The van der Waals surface area contributed by atoms with Gasteiger partial charge in [-0.1, -0.05) is 12.8 Å². The van der Waals surface area contributed by atoms with Crippen LogP contribution in [0.25, 0.3) is 0 Å². The van der Waals surface area contributed by atoms with Gasteiger partial charge in [-0.25, -0.2) is 4.79 Å². The van der Waals surface area contributed by atoms with Crippen molar-refractivity contribution in [3.8, 4) is 11.5 Å². The molecule has 3 aliphatic rings. The molecule has 2 heterocycles. The lowest BCUT2D eigenvalue weighted by Crippen LogP contribution is -2.46. The van der Waals surface area contributed by atoms with E-state index in [9.17, 15) is 19.2 Å². The Hall–Kier alpha value is -3.10. The first-order valence-corrected chi connectivity index (χ1v) is 10.6. The Morgan fingerprint density at radius 2 is 1.65 bits per heavy atom. The Balaban J connectivity index is 1.36. The van der Waals surface area contributed by atoms with Gasteiger partial charge in [0.1, 0.15) is 19.3 Å². The minimum absolute atomic E-state index is 0.312. The third-order valence-electron chi connectivity index (χ3n) is 6.08. The Morgan fingerprint density at radius 1 is 1.03 bits per heavy atom. The van der Waals surface area contributed by atoms with Gasteiger partial charge in [0.2, 0.25) is 11.8 Å². The maximum atomic E-state index is 12.7. The topological polar surface area (TPSA) is 111 Å². The van der Waals surface area contributed by atoms with Gasteiger partial charge in [-0.05, 0) is 38.8 Å². The van der Waals surface area contributed by atoms with E-state index in [1.54, 1.807) is 18.2 Å². The maximum absolute atomic E-state index is 12.7. The van der Waals surface area contributed by atoms with Crippen LogP contribution < -0.4 is 14.8 Å². The van der Waals surface area contributed by atoms with Crippen LogP contribution in [-0.4, -0.2) is 54.0 Å². The average Bonchev–Trinajstić information content (AvgIpc) is 3.03. The fourth-order valence-corrected chi connectivity index (χ4v) is 4.37. The standard InChI is InChI=1S/C22H26N2O7/c1-12(24-20(26)15-5-3-4-6-16(15)21(24)27)22(28)31-13(2)19(25)23-14-7-8-17-18(11-14)30-10-9-29-17/h7-8,11-13,15-16H,3-6,9-10H2,1-2H3,(H,23,25)/t12-,13-,15+,16+/m0/s1. The molecule has 0 unspecified atom stereocenters. The van der Waals surface area contributed by atoms with Crippen molar-refractivity contribution in [3.05, 3.63) is 18.2 Å². The second kappa shape index (κ2) is 8.56. The van der Waals surface area contributed by atoms with Crippen molar-refractivity contribution in [2.45, 2.75) is 51.7 Å². The average molecular weight is 430 g/mol. The van der Waals surface area contributed by atoms with E-state index >= 15 is 0 Å². The van der Waals surface area contributed by atoms with Gasteiger partial charge in [0, 0.05) is 11.8 Å². The molecule has 0 aromatic heterocycles. The molecule has 31 heavy (non-hydrogen) atoms. The summed E-state index contributed by atoms with van der Waals surface area (Å²) in [6.45, 7) is 3.78. The van der Waals surface area contributed by atoms with Crippen LogP contribution in [0.4, 0.5) is 5.69 Å². The summed E-state index contributed by atoms with van der Waals surface area (Å²) in [4.78, 5) is 51.4. The molecule has 9 heteroatoms. The molecule has 1 saturated carbocycles. The van der Waals surface area contributed by atoms with E-state index in [1.807, 2.05) is 0 Å². The molecule has 9 nitrogen and oxygen atoms in total. The van der Waals surface area contributed by atoms with Gasteiger partial charge in [-0.3, -0.25) is 19.3 Å². The van der Waals surface area contributed by atoms with Gasteiger partial charge in [-0.15, -0.1) is 0 Å². The molecule has 2 fully saturated rings. The van der Waals surface area contributed by atoms with E-state index in [4.69, 9.17) is 14.2 Å². The van der Waals surface area contributed by atoms with Crippen molar-refractivity contribution in [1.29, 1.82) is 0 Å². The van der Waals surface area contributed by atoms with Crippen LogP contribution in [0.3, 0.4) is 0 Å². The highest BCUT2D eigenvalue weighted by molar-refractivity contribution is 6.08. The number of anilines is 1. The van der Waals surface area contributed by atoms with Crippen LogP contribution in [0.1, 0.15) is 39.5 Å². The summed E-state index contributed by atoms with van der Waals surface area (Å²) < 4.78 is 16.2. The number of nitrogens with zero attached hydrogens (tertiary/aromatic N) is 1. The Kier molecular flexibility index (Phi) is 5.84. The normalized spacial score (nSPS) is 24.3. The molecular formula is C22H26N2O7. The van der Waals surface area contributed by atoms with Crippen molar-refractivity contribution in [3.63, 3.8) is 0 Å². The number of fused-ring (bicyclic) bond motifs is 2. The quantitative estimate of drug-likeness (QED) is 0.561. The van der Waals surface area contributed by atoms with E-state index in [1.165, 1.54) is 13.8 Å². The number of ether oxygens (including phenoxy) is 3. The summed E-state index contributed by atoms with van der Waals surface area (Å²) in [7, 11) is 0. The van der Waals surface area contributed by atoms with Gasteiger partial charge >= 0.3 is 5.97 Å². The smallest absolute Gasteiger partial charge is 0.329 e. The highest BCUT2D eigenvalue weighted by Crippen LogP contribution is 2.39. The third kappa shape index (κ3) is 4.08. The van der Waals surface area contributed by atoms with Crippen LogP contribution in [0.2, 0.25) is 0 Å².